The van der Waals surface area contributed by atoms with Gasteiger partial charge >= 0.3 is 0 Å². The Morgan fingerprint density at radius 3 is 2.81 bits per heavy atom. The third-order valence-electron chi connectivity index (χ3n) is 5.47. The zero-order chi connectivity index (χ0) is 14.2. The van der Waals surface area contributed by atoms with Crippen LogP contribution in [0.2, 0.25) is 0 Å². The average molecular weight is 306 g/mol. The van der Waals surface area contributed by atoms with E-state index in [1.54, 1.807) is 0 Å². The minimum absolute atomic E-state index is 0.682. The zero-order valence-corrected chi connectivity index (χ0v) is 13.8. The van der Waals surface area contributed by atoms with Gasteiger partial charge < -0.3 is 4.74 Å². The molecule has 3 aliphatic rings. The number of likely N-dealkylation sites (tertiary alicyclic amines) is 2. The van der Waals surface area contributed by atoms with Gasteiger partial charge in [0.25, 0.3) is 0 Å². The molecule has 116 valence electrons. The topological polar surface area (TPSA) is 15.7 Å². The molecule has 1 aromatic rings. The van der Waals surface area contributed by atoms with E-state index < -0.39 is 0 Å². The van der Waals surface area contributed by atoms with Gasteiger partial charge in [-0.1, -0.05) is 0 Å². The Bertz CT molecular complexity index is 483. The van der Waals surface area contributed by atoms with Crippen LogP contribution in [-0.4, -0.2) is 55.2 Å². The van der Waals surface area contributed by atoms with Crippen LogP contribution in [-0.2, 0) is 11.3 Å². The molecule has 0 spiro atoms. The summed E-state index contributed by atoms with van der Waals surface area (Å²) in [5, 5.41) is 0. The van der Waals surface area contributed by atoms with Crippen LogP contribution in [0, 0.1) is 18.8 Å². The van der Waals surface area contributed by atoms with Crippen LogP contribution < -0.4 is 0 Å². The first kappa shape index (κ1) is 14.2. The van der Waals surface area contributed by atoms with Gasteiger partial charge in [-0.3, -0.25) is 9.80 Å². The first-order valence-corrected chi connectivity index (χ1v) is 9.21. The molecule has 0 amide bonds. The molecular formula is C17H26N2OS. The van der Waals surface area contributed by atoms with Gasteiger partial charge in [0.05, 0.1) is 13.2 Å². The molecule has 4 heterocycles. The van der Waals surface area contributed by atoms with Gasteiger partial charge in [0, 0.05) is 41.3 Å². The fraction of sp³-hybridized carbons (Fsp3) is 0.765. The lowest BCUT2D eigenvalue weighted by Crippen LogP contribution is -2.49. The average Bonchev–Trinajstić information content (AvgIpc) is 3.18. The van der Waals surface area contributed by atoms with E-state index in [4.69, 9.17) is 4.74 Å². The number of nitrogens with zero attached hydrogens (tertiary/aromatic N) is 2. The summed E-state index contributed by atoms with van der Waals surface area (Å²) in [6.07, 6.45) is 2.76. The Labute approximate surface area is 131 Å². The summed E-state index contributed by atoms with van der Waals surface area (Å²) in [4.78, 5) is 8.32. The van der Waals surface area contributed by atoms with Crippen LogP contribution in [0.15, 0.2) is 12.1 Å². The maximum atomic E-state index is 5.95. The number of ether oxygens (including phenoxy) is 1. The van der Waals surface area contributed by atoms with Gasteiger partial charge in [0.1, 0.15) is 0 Å². The number of hydrogen-bond acceptors (Lipinski definition) is 4. The summed E-state index contributed by atoms with van der Waals surface area (Å²) in [5.41, 5.74) is 0. The van der Waals surface area contributed by atoms with Gasteiger partial charge in [-0.25, -0.2) is 0 Å². The van der Waals surface area contributed by atoms with Crippen molar-refractivity contribution in [3.8, 4) is 0 Å². The number of rotatable bonds is 3. The van der Waals surface area contributed by atoms with Gasteiger partial charge in [0.2, 0.25) is 0 Å². The second-order valence-corrected chi connectivity index (χ2v) is 8.35. The Morgan fingerprint density at radius 1 is 1.19 bits per heavy atom. The smallest absolute Gasteiger partial charge is 0.0625 e. The maximum absolute atomic E-state index is 5.95. The number of aryl methyl sites for hydroxylation is 1. The first-order valence-electron chi connectivity index (χ1n) is 8.39. The van der Waals surface area contributed by atoms with E-state index in [0.29, 0.717) is 6.04 Å². The molecule has 0 radical (unpaired) electrons. The molecule has 21 heavy (non-hydrogen) atoms. The largest absolute Gasteiger partial charge is 0.379 e. The summed E-state index contributed by atoms with van der Waals surface area (Å²) >= 11 is 1.95. The minimum Gasteiger partial charge on any atom is -0.379 e. The van der Waals surface area contributed by atoms with Crippen molar-refractivity contribution in [2.75, 3.05) is 39.4 Å². The molecule has 0 N–H and O–H groups in total. The molecule has 0 saturated carbocycles. The highest BCUT2D eigenvalue weighted by Crippen LogP contribution is 2.35. The predicted octanol–water partition coefficient (Wildman–Crippen LogP) is 2.60. The molecule has 4 heteroatoms. The van der Waals surface area contributed by atoms with Crippen LogP contribution in [0.25, 0.3) is 0 Å². The SMILES string of the molecule is Cc1ccc(CN2C[C@@H]3COC[C@@H](N4CCCC4)[C@@H]3C2)s1. The van der Waals surface area contributed by atoms with Crippen molar-refractivity contribution in [2.24, 2.45) is 11.8 Å². The molecule has 3 nitrogen and oxygen atoms in total. The Morgan fingerprint density at radius 2 is 2.05 bits per heavy atom. The Hall–Kier alpha value is -0.420. The molecule has 3 saturated heterocycles. The van der Waals surface area contributed by atoms with E-state index in [0.717, 1.165) is 31.6 Å². The van der Waals surface area contributed by atoms with Crippen molar-refractivity contribution >= 4 is 11.3 Å². The highest BCUT2D eigenvalue weighted by atomic mass is 32.1. The summed E-state index contributed by atoms with van der Waals surface area (Å²) in [6.45, 7) is 10.4. The highest BCUT2D eigenvalue weighted by Gasteiger charge is 2.43. The Balaban J connectivity index is 1.42. The van der Waals surface area contributed by atoms with E-state index in [1.165, 1.54) is 48.8 Å². The summed E-state index contributed by atoms with van der Waals surface area (Å²) in [6, 6.07) is 5.23. The van der Waals surface area contributed by atoms with Crippen molar-refractivity contribution in [2.45, 2.75) is 32.4 Å². The first-order chi connectivity index (χ1) is 10.3. The lowest BCUT2D eigenvalue weighted by molar-refractivity contribution is -0.0308. The molecule has 3 aliphatic heterocycles. The summed E-state index contributed by atoms with van der Waals surface area (Å²) in [5.74, 6) is 1.59. The molecule has 0 bridgehead atoms. The molecular weight excluding hydrogens is 280 g/mol. The molecule has 3 atom stereocenters. The van der Waals surface area contributed by atoms with Crippen molar-refractivity contribution in [3.05, 3.63) is 21.9 Å². The van der Waals surface area contributed by atoms with E-state index in [2.05, 4.69) is 28.9 Å². The molecule has 1 aromatic heterocycles. The fourth-order valence-electron chi connectivity index (χ4n) is 4.43. The molecule has 0 aliphatic carbocycles. The number of hydrogen-bond donors (Lipinski definition) is 0. The van der Waals surface area contributed by atoms with Crippen molar-refractivity contribution in [1.29, 1.82) is 0 Å². The van der Waals surface area contributed by atoms with Gasteiger partial charge in [-0.05, 0) is 50.9 Å². The second kappa shape index (κ2) is 5.99. The van der Waals surface area contributed by atoms with Gasteiger partial charge in [-0.15, -0.1) is 11.3 Å². The van der Waals surface area contributed by atoms with Crippen LogP contribution in [0.1, 0.15) is 22.6 Å². The van der Waals surface area contributed by atoms with Crippen LogP contribution >= 0.6 is 11.3 Å². The number of thiophene rings is 1. The van der Waals surface area contributed by atoms with E-state index in [-0.39, 0.29) is 0 Å². The van der Waals surface area contributed by atoms with Crippen LogP contribution in [0.5, 0.6) is 0 Å². The van der Waals surface area contributed by atoms with Gasteiger partial charge in [-0.2, -0.15) is 0 Å². The zero-order valence-electron chi connectivity index (χ0n) is 13.0. The van der Waals surface area contributed by atoms with Crippen LogP contribution in [0.3, 0.4) is 0 Å². The van der Waals surface area contributed by atoms with E-state index in [1.807, 2.05) is 11.3 Å². The molecule has 3 fully saturated rings. The van der Waals surface area contributed by atoms with Gasteiger partial charge in [0.15, 0.2) is 0 Å². The minimum atomic E-state index is 0.682. The number of fused-ring (bicyclic) bond motifs is 1. The van der Waals surface area contributed by atoms with E-state index >= 15 is 0 Å². The normalized spacial score (nSPS) is 34.4. The standard InChI is InChI=1S/C17H26N2OS/c1-13-4-5-15(21-13)9-18-8-14-11-20-12-17(16(14)10-18)19-6-2-3-7-19/h4-5,14,16-17H,2-3,6-12H2,1H3/t14-,16-,17-/m1/s1. The second-order valence-electron chi connectivity index (χ2n) is 6.98. The molecule has 0 unspecified atom stereocenters. The lowest BCUT2D eigenvalue weighted by atomic mass is 9.87. The fourth-order valence-corrected chi connectivity index (χ4v) is 5.37. The third kappa shape index (κ3) is 2.91. The van der Waals surface area contributed by atoms with Crippen molar-refractivity contribution in [1.82, 2.24) is 9.80 Å². The summed E-state index contributed by atoms with van der Waals surface area (Å²) in [7, 11) is 0. The lowest BCUT2D eigenvalue weighted by Gasteiger charge is -2.38. The Kier molecular flexibility index (Phi) is 4.05. The third-order valence-corrected chi connectivity index (χ3v) is 6.45. The quantitative estimate of drug-likeness (QED) is 0.854. The predicted molar refractivity (Wildman–Crippen MR) is 86.7 cm³/mol. The monoisotopic (exact) mass is 306 g/mol. The van der Waals surface area contributed by atoms with E-state index in [9.17, 15) is 0 Å². The molecule has 4 rings (SSSR count). The molecule has 0 aromatic carbocycles. The highest BCUT2D eigenvalue weighted by molar-refractivity contribution is 7.11. The summed E-state index contributed by atoms with van der Waals surface area (Å²) < 4.78 is 5.95. The van der Waals surface area contributed by atoms with Crippen molar-refractivity contribution in [3.63, 3.8) is 0 Å². The van der Waals surface area contributed by atoms with Crippen LogP contribution in [0.4, 0.5) is 0 Å². The maximum Gasteiger partial charge on any atom is 0.0625 e. The van der Waals surface area contributed by atoms with Crippen molar-refractivity contribution < 1.29 is 4.74 Å².